The Morgan fingerprint density at radius 1 is 0.750 bits per heavy atom. The maximum atomic E-state index is 12.1. The second-order valence-electron chi connectivity index (χ2n) is 6.33. The highest BCUT2D eigenvalue weighted by atomic mass is 16.5. The van der Waals surface area contributed by atoms with E-state index in [1.807, 2.05) is 27.7 Å². The summed E-state index contributed by atoms with van der Waals surface area (Å²) in [5.41, 5.74) is 0. The molecule has 24 heavy (non-hydrogen) atoms. The Morgan fingerprint density at radius 2 is 1.04 bits per heavy atom. The van der Waals surface area contributed by atoms with E-state index < -0.39 is 0 Å². The van der Waals surface area contributed by atoms with Crippen LogP contribution in [0.2, 0.25) is 0 Å². The SMILES string of the molecule is CNC(C(=O)Oc1ccc(OC(=O)C(NC)C(C)C)cc1)C(C)C. The lowest BCUT2D eigenvalue weighted by atomic mass is 10.1. The average molecular weight is 336 g/mol. The smallest absolute Gasteiger partial charge is 0.328 e. The molecule has 1 aromatic carbocycles. The molecule has 2 unspecified atom stereocenters. The summed E-state index contributed by atoms with van der Waals surface area (Å²) >= 11 is 0. The third-order valence-electron chi connectivity index (χ3n) is 3.72. The Bertz CT molecular complexity index is 491. The van der Waals surface area contributed by atoms with Crippen LogP contribution in [0.25, 0.3) is 0 Å². The van der Waals surface area contributed by atoms with E-state index in [9.17, 15) is 9.59 Å². The molecule has 0 heterocycles. The first kappa shape index (κ1) is 20.1. The molecule has 134 valence electrons. The van der Waals surface area contributed by atoms with Gasteiger partial charge in [-0.25, -0.2) is 9.59 Å². The number of ether oxygens (including phenoxy) is 2. The predicted molar refractivity (Wildman–Crippen MR) is 93.1 cm³/mol. The van der Waals surface area contributed by atoms with Gasteiger partial charge in [-0.2, -0.15) is 0 Å². The van der Waals surface area contributed by atoms with Crippen molar-refractivity contribution in [1.82, 2.24) is 10.6 Å². The molecule has 1 rings (SSSR count). The summed E-state index contributed by atoms with van der Waals surface area (Å²) in [6.45, 7) is 7.77. The molecule has 0 aliphatic rings. The molecular formula is C18H28N2O4. The minimum Gasteiger partial charge on any atom is -0.425 e. The summed E-state index contributed by atoms with van der Waals surface area (Å²) in [6.07, 6.45) is 0. The third-order valence-corrected chi connectivity index (χ3v) is 3.72. The van der Waals surface area contributed by atoms with Crippen LogP contribution in [0.15, 0.2) is 24.3 Å². The van der Waals surface area contributed by atoms with Gasteiger partial charge in [-0.3, -0.25) is 0 Å². The molecule has 0 fully saturated rings. The van der Waals surface area contributed by atoms with E-state index in [0.29, 0.717) is 11.5 Å². The number of hydrogen-bond acceptors (Lipinski definition) is 6. The molecule has 0 saturated heterocycles. The Morgan fingerprint density at radius 3 is 1.25 bits per heavy atom. The Hall–Kier alpha value is -1.92. The number of hydrogen-bond donors (Lipinski definition) is 2. The maximum Gasteiger partial charge on any atom is 0.328 e. The van der Waals surface area contributed by atoms with Crippen molar-refractivity contribution in [2.45, 2.75) is 39.8 Å². The fraction of sp³-hybridized carbons (Fsp3) is 0.556. The zero-order valence-electron chi connectivity index (χ0n) is 15.3. The molecule has 0 aliphatic carbocycles. The van der Waals surface area contributed by atoms with Gasteiger partial charge < -0.3 is 20.1 Å². The van der Waals surface area contributed by atoms with Crippen molar-refractivity contribution in [1.29, 1.82) is 0 Å². The van der Waals surface area contributed by atoms with Gasteiger partial charge in [0.15, 0.2) is 0 Å². The summed E-state index contributed by atoms with van der Waals surface area (Å²) in [5.74, 6) is 0.388. The van der Waals surface area contributed by atoms with E-state index in [1.54, 1.807) is 38.4 Å². The number of rotatable bonds is 8. The van der Waals surface area contributed by atoms with E-state index in [-0.39, 0.29) is 35.9 Å². The zero-order valence-corrected chi connectivity index (χ0v) is 15.3. The number of likely N-dealkylation sites (N-methyl/N-ethyl adjacent to an activating group) is 2. The van der Waals surface area contributed by atoms with Gasteiger partial charge in [0.05, 0.1) is 0 Å². The lowest BCUT2D eigenvalue weighted by Crippen LogP contribution is -2.41. The lowest BCUT2D eigenvalue weighted by Gasteiger charge is -2.19. The van der Waals surface area contributed by atoms with Crippen molar-refractivity contribution in [3.8, 4) is 11.5 Å². The molecule has 0 amide bonds. The molecule has 0 aliphatic heterocycles. The first-order valence-corrected chi connectivity index (χ1v) is 8.18. The molecule has 2 atom stereocenters. The van der Waals surface area contributed by atoms with Crippen molar-refractivity contribution in [2.75, 3.05) is 14.1 Å². The molecule has 1 aromatic rings. The number of esters is 2. The van der Waals surface area contributed by atoms with Gasteiger partial charge in [0.25, 0.3) is 0 Å². The molecule has 0 spiro atoms. The van der Waals surface area contributed by atoms with Crippen LogP contribution in [0.5, 0.6) is 11.5 Å². The first-order valence-electron chi connectivity index (χ1n) is 8.18. The van der Waals surface area contributed by atoms with Crippen LogP contribution in [-0.2, 0) is 9.59 Å². The zero-order chi connectivity index (χ0) is 18.3. The second kappa shape index (κ2) is 9.39. The van der Waals surface area contributed by atoms with Gasteiger partial charge in [-0.15, -0.1) is 0 Å². The summed E-state index contributed by atoms with van der Waals surface area (Å²) in [6, 6.07) is 5.69. The normalized spacial score (nSPS) is 13.7. The number of benzene rings is 1. The largest absolute Gasteiger partial charge is 0.425 e. The Labute approximate surface area is 143 Å². The second-order valence-corrected chi connectivity index (χ2v) is 6.33. The highest BCUT2D eigenvalue weighted by Crippen LogP contribution is 2.19. The monoisotopic (exact) mass is 336 g/mol. The number of carbonyl (C=O) groups excluding carboxylic acids is 2. The molecular weight excluding hydrogens is 308 g/mol. The van der Waals surface area contributed by atoms with Gasteiger partial charge in [-0.05, 0) is 50.2 Å². The minimum absolute atomic E-state index is 0.122. The lowest BCUT2D eigenvalue weighted by molar-refractivity contribution is -0.138. The van der Waals surface area contributed by atoms with E-state index in [2.05, 4.69) is 10.6 Å². The van der Waals surface area contributed by atoms with Gasteiger partial charge in [0, 0.05) is 0 Å². The first-order chi connectivity index (χ1) is 11.3. The molecule has 0 bridgehead atoms. The summed E-state index contributed by atoms with van der Waals surface area (Å²) in [7, 11) is 3.45. The third kappa shape index (κ3) is 5.62. The Balaban J connectivity index is 2.69. The number of nitrogens with one attached hydrogen (secondary N) is 2. The van der Waals surface area contributed by atoms with E-state index in [1.165, 1.54) is 0 Å². The van der Waals surface area contributed by atoms with Gasteiger partial charge in [-0.1, -0.05) is 27.7 Å². The molecule has 6 heteroatoms. The van der Waals surface area contributed by atoms with Crippen molar-refractivity contribution < 1.29 is 19.1 Å². The minimum atomic E-state index is -0.370. The van der Waals surface area contributed by atoms with Crippen LogP contribution >= 0.6 is 0 Å². The van der Waals surface area contributed by atoms with Crippen LogP contribution in [0.4, 0.5) is 0 Å². The fourth-order valence-corrected chi connectivity index (χ4v) is 2.38. The summed E-state index contributed by atoms with van der Waals surface area (Å²) in [4.78, 5) is 24.1. The quantitative estimate of drug-likeness (QED) is 0.558. The highest BCUT2D eigenvalue weighted by molar-refractivity contribution is 5.79. The summed E-state index contributed by atoms with van der Waals surface area (Å²) in [5, 5.41) is 5.88. The Kier molecular flexibility index (Phi) is 7.88. The van der Waals surface area contributed by atoms with Crippen molar-refractivity contribution in [3.05, 3.63) is 24.3 Å². The average Bonchev–Trinajstić information content (AvgIpc) is 2.49. The molecule has 6 nitrogen and oxygen atoms in total. The predicted octanol–water partition coefficient (Wildman–Crippen LogP) is 1.99. The van der Waals surface area contributed by atoms with E-state index in [0.717, 1.165) is 0 Å². The van der Waals surface area contributed by atoms with Gasteiger partial charge in [0.2, 0.25) is 0 Å². The fourth-order valence-electron chi connectivity index (χ4n) is 2.38. The molecule has 0 saturated carbocycles. The highest BCUT2D eigenvalue weighted by Gasteiger charge is 2.23. The van der Waals surface area contributed by atoms with Crippen LogP contribution < -0.4 is 20.1 Å². The van der Waals surface area contributed by atoms with Gasteiger partial charge in [0.1, 0.15) is 23.6 Å². The van der Waals surface area contributed by atoms with Crippen molar-refractivity contribution in [2.24, 2.45) is 11.8 Å². The van der Waals surface area contributed by atoms with Crippen molar-refractivity contribution >= 4 is 11.9 Å². The molecule has 0 aromatic heterocycles. The molecule has 0 radical (unpaired) electrons. The van der Waals surface area contributed by atoms with E-state index in [4.69, 9.17) is 9.47 Å². The maximum absolute atomic E-state index is 12.1. The van der Waals surface area contributed by atoms with Crippen LogP contribution in [0.1, 0.15) is 27.7 Å². The van der Waals surface area contributed by atoms with Crippen molar-refractivity contribution in [3.63, 3.8) is 0 Å². The van der Waals surface area contributed by atoms with Crippen LogP contribution in [0, 0.1) is 11.8 Å². The van der Waals surface area contributed by atoms with Gasteiger partial charge >= 0.3 is 11.9 Å². The standard InChI is InChI=1S/C18H28N2O4/c1-11(2)15(19-5)17(21)23-13-7-9-14(10-8-13)24-18(22)16(20-6)12(3)4/h7-12,15-16,19-20H,1-6H3. The van der Waals surface area contributed by atoms with Crippen LogP contribution in [-0.4, -0.2) is 38.1 Å². The van der Waals surface area contributed by atoms with Crippen LogP contribution in [0.3, 0.4) is 0 Å². The molecule has 2 N–H and O–H groups in total. The summed E-state index contributed by atoms with van der Waals surface area (Å²) < 4.78 is 10.7. The van der Waals surface area contributed by atoms with E-state index >= 15 is 0 Å². The topological polar surface area (TPSA) is 76.7 Å². The number of carbonyl (C=O) groups is 2.